The highest BCUT2D eigenvalue weighted by atomic mass is 19.2. The average molecular weight is 993 g/mol. The van der Waals surface area contributed by atoms with Crippen LogP contribution in [-0.4, -0.2) is 148 Å². The number of fused-ring (bicyclic) bond motifs is 2. The van der Waals surface area contributed by atoms with Gasteiger partial charge in [-0.1, -0.05) is 24.6 Å². The van der Waals surface area contributed by atoms with Gasteiger partial charge >= 0.3 is 30.9 Å². The fourth-order valence-electron chi connectivity index (χ4n) is 7.50. The molecular weight excluding hydrogens is 933 g/mol. The van der Waals surface area contributed by atoms with Crippen molar-refractivity contribution in [3.05, 3.63) is 95.2 Å². The number of halogens is 2. The van der Waals surface area contributed by atoms with Crippen LogP contribution < -0.4 is 31.3 Å². The molecular formula is C47H59BF2N8O13. The number of hydrogen-bond donors (Lipinski definition) is 9. The lowest BCUT2D eigenvalue weighted by molar-refractivity contribution is -0.360. The lowest BCUT2D eigenvalue weighted by Gasteiger charge is -2.30. The topological polar surface area (TPSA) is 292 Å². The van der Waals surface area contributed by atoms with Gasteiger partial charge in [0, 0.05) is 68.3 Å². The molecule has 0 fully saturated rings. The number of aromatic amines is 1. The van der Waals surface area contributed by atoms with Crippen LogP contribution in [0.3, 0.4) is 0 Å². The van der Waals surface area contributed by atoms with Gasteiger partial charge in [0.15, 0.2) is 18.0 Å². The number of carbonyl (C=O) groups excluding carboxylic acids is 4. The van der Waals surface area contributed by atoms with Crippen molar-refractivity contribution in [2.24, 2.45) is 0 Å². The summed E-state index contributed by atoms with van der Waals surface area (Å²) in [5.41, 5.74) is 2.96. The van der Waals surface area contributed by atoms with Crippen molar-refractivity contribution in [1.29, 1.82) is 0 Å². The number of amides is 5. The first-order chi connectivity index (χ1) is 34.1. The van der Waals surface area contributed by atoms with Crippen LogP contribution in [-0.2, 0) is 38.2 Å². The minimum absolute atomic E-state index is 0.00978. The minimum atomic E-state index is -4.17. The van der Waals surface area contributed by atoms with E-state index in [1.807, 2.05) is 0 Å². The number of carboxylic acid groups (broad SMARTS) is 3. The Bertz CT molecular complexity index is 2460. The Balaban J connectivity index is 0.829. The number of hydrogen-bond acceptors (Lipinski definition) is 10. The minimum Gasteiger partial charge on any atom is -0.484 e. The second-order valence-electron chi connectivity index (χ2n) is 16.4. The lowest BCUT2D eigenvalue weighted by Crippen LogP contribution is -2.51. The Morgan fingerprint density at radius 3 is 2.07 bits per heavy atom. The van der Waals surface area contributed by atoms with Crippen LogP contribution in [0.15, 0.2) is 72.6 Å². The van der Waals surface area contributed by atoms with E-state index >= 15 is 8.63 Å². The number of allylic oxidation sites excluding steroid dienone is 2. The van der Waals surface area contributed by atoms with E-state index < -0.39 is 55.3 Å². The van der Waals surface area contributed by atoms with E-state index in [2.05, 4.69) is 31.6 Å². The highest BCUT2D eigenvalue weighted by Gasteiger charge is 2.52. The summed E-state index contributed by atoms with van der Waals surface area (Å²) < 4.78 is 50.6. The molecule has 5 rings (SSSR count). The molecule has 0 aliphatic carbocycles. The smallest absolute Gasteiger partial charge is 0.484 e. The molecule has 2 aliphatic heterocycles. The first kappa shape index (κ1) is 54.3. The first-order valence-corrected chi connectivity index (χ1v) is 23.2. The maximum atomic E-state index is 16.1. The average Bonchev–Trinajstić information content (AvgIpc) is 4.12. The number of unbranched alkanes of at least 4 members (excludes halogenated alkanes) is 3. The standard InChI is InChI=1S/C47H59BF2N8O13/c49-48(50)57-33(14-15-34(57)29-35-16-20-40(58(35)48)37-8-6-24-51-37)13-10-32-11-17-36(18-12-32)71-31-43(61)53-22-4-1-2-9-41(59)54-25-26-69-27-28-70-30-42(60)52-23-5-3-7-38(45(64)65)55-47(68)56-39(46(66)67)19-21-44(62)63/h6,8,10-18,20,24,29,38-39,51H,1-5,7,9,19,21-23,25-28,30-31H2,(H,52,60)(H,53,61)(H,54,59)(H,62,63)(H,64,65)(H,66,67)(H2,55,56,68)/b13-10+/t38-,39-/m1/s1. The lowest BCUT2D eigenvalue weighted by atomic mass is 9.90. The fourth-order valence-corrected chi connectivity index (χ4v) is 7.50. The summed E-state index contributed by atoms with van der Waals surface area (Å²) in [6, 6.07) is 9.90. The number of urea groups is 1. The van der Waals surface area contributed by atoms with E-state index in [0.717, 1.165) is 20.9 Å². The highest BCUT2D eigenvalue weighted by Crippen LogP contribution is 2.34. The third-order valence-corrected chi connectivity index (χ3v) is 11.1. The van der Waals surface area contributed by atoms with E-state index in [1.54, 1.807) is 85.1 Å². The molecule has 0 unspecified atom stereocenters. The van der Waals surface area contributed by atoms with Crippen molar-refractivity contribution in [3.63, 3.8) is 0 Å². The van der Waals surface area contributed by atoms with E-state index in [-0.39, 0.29) is 70.8 Å². The number of rotatable bonds is 32. The largest absolute Gasteiger partial charge is 0.737 e. The molecule has 0 saturated carbocycles. The number of nitrogens with one attached hydrogen (secondary N) is 6. The predicted molar refractivity (Wildman–Crippen MR) is 255 cm³/mol. The number of nitrogens with zero attached hydrogens (tertiary/aromatic N) is 2. The molecule has 2 aliphatic rings. The van der Waals surface area contributed by atoms with Gasteiger partial charge < -0.3 is 78.7 Å². The van der Waals surface area contributed by atoms with Crippen LogP contribution in [0.5, 0.6) is 5.75 Å². The molecule has 0 radical (unpaired) electrons. The molecule has 5 amide bonds. The Kier molecular flexibility index (Phi) is 21.1. The van der Waals surface area contributed by atoms with Gasteiger partial charge in [-0.15, -0.1) is 0 Å². The van der Waals surface area contributed by atoms with Crippen molar-refractivity contribution in [1.82, 2.24) is 36.0 Å². The Labute approximate surface area is 407 Å². The van der Waals surface area contributed by atoms with Crippen LogP contribution in [0.2, 0.25) is 0 Å². The zero-order valence-electron chi connectivity index (χ0n) is 38.9. The number of H-pyrrole nitrogens is 1. The zero-order valence-corrected chi connectivity index (χ0v) is 38.9. The monoisotopic (exact) mass is 992 g/mol. The molecule has 1 aromatic carbocycles. The second kappa shape index (κ2) is 27.6. The molecule has 2 atom stereocenters. The van der Waals surface area contributed by atoms with Crippen molar-refractivity contribution in [2.45, 2.75) is 69.9 Å². The second-order valence-corrected chi connectivity index (χ2v) is 16.4. The van der Waals surface area contributed by atoms with Crippen LogP contribution in [0, 0.1) is 0 Å². The summed E-state index contributed by atoms with van der Waals surface area (Å²) in [5, 5.41) is 39.7. The molecule has 0 spiro atoms. The van der Waals surface area contributed by atoms with Crippen molar-refractivity contribution >= 4 is 72.6 Å². The van der Waals surface area contributed by atoms with Gasteiger partial charge in [-0.25, -0.2) is 14.4 Å². The summed E-state index contributed by atoms with van der Waals surface area (Å²) >= 11 is 0. The van der Waals surface area contributed by atoms with Gasteiger partial charge in [0.2, 0.25) is 11.8 Å². The van der Waals surface area contributed by atoms with Crippen LogP contribution >= 0.6 is 0 Å². The van der Waals surface area contributed by atoms with Gasteiger partial charge in [0.05, 0.1) is 19.8 Å². The van der Waals surface area contributed by atoms with Crippen LogP contribution in [0.1, 0.15) is 80.4 Å². The van der Waals surface area contributed by atoms with Crippen molar-refractivity contribution in [3.8, 4) is 5.75 Å². The van der Waals surface area contributed by atoms with Crippen LogP contribution in [0.25, 0.3) is 18.2 Å². The molecule has 0 bridgehead atoms. The summed E-state index contributed by atoms with van der Waals surface area (Å²) in [4.78, 5) is 85.1. The molecule has 24 heteroatoms. The Morgan fingerprint density at radius 2 is 1.38 bits per heavy atom. The van der Waals surface area contributed by atoms with Crippen molar-refractivity contribution in [2.75, 3.05) is 52.7 Å². The summed E-state index contributed by atoms with van der Waals surface area (Å²) in [6.45, 7) is -3.13. The fraction of sp³-hybridized carbons (Fsp3) is 0.404. The number of aliphatic carboxylic acids is 3. The Morgan fingerprint density at radius 1 is 0.704 bits per heavy atom. The number of aromatic nitrogens is 2. The zero-order chi connectivity index (χ0) is 51.2. The quantitative estimate of drug-likeness (QED) is 0.0321. The van der Waals surface area contributed by atoms with Gasteiger partial charge in [-0.05, 0) is 86.6 Å². The molecule has 4 heterocycles. The van der Waals surface area contributed by atoms with Gasteiger partial charge in [-0.2, -0.15) is 0 Å². The maximum Gasteiger partial charge on any atom is 0.737 e. The normalized spacial score (nSPS) is 14.2. The van der Waals surface area contributed by atoms with Gasteiger partial charge in [0.25, 0.3) is 5.91 Å². The maximum absolute atomic E-state index is 16.1. The molecule has 3 aromatic rings. The third-order valence-electron chi connectivity index (χ3n) is 11.1. The molecule has 9 N–H and O–H groups in total. The van der Waals surface area contributed by atoms with Crippen molar-refractivity contribution < 1.29 is 76.2 Å². The molecule has 71 heavy (non-hydrogen) atoms. The number of benzene rings is 1. The Hall–Kier alpha value is -7.60. The molecule has 382 valence electrons. The summed E-state index contributed by atoms with van der Waals surface area (Å²) in [7, 11) is 0. The van der Waals surface area contributed by atoms with Gasteiger partial charge in [0.1, 0.15) is 30.1 Å². The third kappa shape index (κ3) is 17.4. The van der Waals surface area contributed by atoms with Gasteiger partial charge in [-0.3, -0.25) is 19.2 Å². The highest BCUT2D eigenvalue weighted by molar-refractivity contribution is 6.58. The SMILES string of the molecule is O=C(O)CC[C@@H](NC(=O)N[C@H](CCCCNC(=O)COCCOCCNC(=O)CCCCCNC(=O)COc1ccc(/C=C/c2ccc3n2[B-](F)(F)[N+]2=C(c4ccc[nH]4)C=CC2=C3)cc1)C(=O)O)C(=O)O. The van der Waals surface area contributed by atoms with Crippen LogP contribution in [0.4, 0.5) is 13.4 Å². The number of carbonyl (C=O) groups is 7. The van der Waals surface area contributed by atoms with E-state index in [1.165, 1.54) is 0 Å². The van der Waals surface area contributed by atoms with E-state index in [9.17, 15) is 38.7 Å². The van der Waals surface area contributed by atoms with E-state index in [4.69, 9.17) is 24.4 Å². The molecule has 2 aromatic heterocycles. The summed E-state index contributed by atoms with van der Waals surface area (Å²) in [6.07, 6.45) is 12.3. The number of ether oxygens (including phenoxy) is 3. The summed E-state index contributed by atoms with van der Waals surface area (Å²) in [5.74, 6) is -4.42. The predicted octanol–water partition coefficient (Wildman–Crippen LogP) is 3.20. The van der Waals surface area contributed by atoms with E-state index in [0.29, 0.717) is 72.9 Å². The first-order valence-electron chi connectivity index (χ1n) is 23.2. The molecule has 0 saturated heterocycles. The molecule has 21 nitrogen and oxygen atoms in total. The number of carboxylic acids is 3.